The third-order valence-electron chi connectivity index (χ3n) is 4.68. The third kappa shape index (κ3) is 2.04. The number of rotatable bonds is 4. The van der Waals surface area contributed by atoms with Crippen LogP contribution in [-0.4, -0.2) is 27.8 Å². The lowest BCUT2D eigenvalue weighted by Crippen LogP contribution is -2.36. The van der Waals surface area contributed by atoms with Gasteiger partial charge in [-0.05, 0) is 16.5 Å². The molecule has 2 amide bonds. The van der Waals surface area contributed by atoms with Crippen LogP contribution >= 0.6 is 0 Å². The van der Waals surface area contributed by atoms with Gasteiger partial charge in [0.05, 0.1) is 24.8 Å². The topological polar surface area (TPSA) is 74.7 Å². The molecule has 21 heavy (non-hydrogen) atoms. The molecule has 0 aromatic heterocycles. The lowest BCUT2D eigenvalue weighted by molar-refractivity contribution is -0.143. The minimum Gasteiger partial charge on any atom is -0.481 e. The van der Waals surface area contributed by atoms with Crippen molar-refractivity contribution in [3.63, 3.8) is 0 Å². The quantitative estimate of drug-likeness (QED) is 0.851. The van der Waals surface area contributed by atoms with E-state index in [1.807, 2.05) is 13.8 Å². The van der Waals surface area contributed by atoms with E-state index >= 15 is 0 Å². The van der Waals surface area contributed by atoms with Crippen molar-refractivity contribution >= 4 is 17.8 Å². The zero-order valence-electron chi connectivity index (χ0n) is 12.0. The molecule has 2 aliphatic rings. The van der Waals surface area contributed by atoms with Gasteiger partial charge in [0.15, 0.2) is 0 Å². The third-order valence-corrected chi connectivity index (χ3v) is 4.68. The van der Waals surface area contributed by atoms with Crippen LogP contribution in [0.2, 0.25) is 0 Å². The molecule has 1 saturated heterocycles. The summed E-state index contributed by atoms with van der Waals surface area (Å²) >= 11 is 0. The highest BCUT2D eigenvalue weighted by molar-refractivity contribution is 6.10. The van der Waals surface area contributed by atoms with E-state index in [2.05, 4.69) is 0 Å². The molecule has 0 spiro atoms. The van der Waals surface area contributed by atoms with Crippen molar-refractivity contribution in [2.45, 2.75) is 26.8 Å². The maximum atomic E-state index is 12.3. The van der Waals surface area contributed by atoms with Gasteiger partial charge in [0.1, 0.15) is 0 Å². The first kappa shape index (κ1) is 13.8. The van der Waals surface area contributed by atoms with E-state index in [0.717, 1.165) is 5.56 Å². The molecule has 2 unspecified atom stereocenters. The number of imide groups is 1. The molecule has 1 saturated carbocycles. The second-order valence-corrected chi connectivity index (χ2v) is 6.38. The molecule has 1 aliphatic carbocycles. The van der Waals surface area contributed by atoms with Crippen molar-refractivity contribution in [1.82, 2.24) is 4.90 Å². The smallest absolute Gasteiger partial charge is 0.307 e. The molecule has 2 atom stereocenters. The predicted octanol–water partition coefficient (Wildman–Crippen LogP) is 1.45. The molecule has 0 radical (unpaired) electrons. The van der Waals surface area contributed by atoms with E-state index in [4.69, 9.17) is 5.11 Å². The van der Waals surface area contributed by atoms with E-state index in [0.29, 0.717) is 5.56 Å². The van der Waals surface area contributed by atoms with Gasteiger partial charge in [-0.25, -0.2) is 0 Å². The van der Waals surface area contributed by atoms with Crippen LogP contribution in [0.25, 0.3) is 0 Å². The number of carbonyl (C=O) groups excluding carboxylic acids is 2. The Labute approximate surface area is 122 Å². The van der Waals surface area contributed by atoms with E-state index in [1.54, 1.807) is 24.3 Å². The summed E-state index contributed by atoms with van der Waals surface area (Å²) < 4.78 is 0. The van der Waals surface area contributed by atoms with Gasteiger partial charge in [-0.2, -0.15) is 0 Å². The number of hydrogen-bond acceptors (Lipinski definition) is 3. The molecule has 2 fully saturated rings. The van der Waals surface area contributed by atoms with Gasteiger partial charge in [0, 0.05) is 0 Å². The predicted molar refractivity (Wildman–Crippen MR) is 74.1 cm³/mol. The Morgan fingerprint density at radius 2 is 1.67 bits per heavy atom. The van der Waals surface area contributed by atoms with Crippen molar-refractivity contribution in [2.75, 3.05) is 0 Å². The molecule has 1 aromatic carbocycles. The first-order valence-corrected chi connectivity index (χ1v) is 6.98. The molecule has 1 aromatic rings. The summed E-state index contributed by atoms with van der Waals surface area (Å²) in [5, 5.41) is 8.93. The molecule has 1 N–H and O–H groups in total. The number of carbonyl (C=O) groups is 3. The Morgan fingerprint density at radius 3 is 2.19 bits per heavy atom. The van der Waals surface area contributed by atoms with Gasteiger partial charge in [0.2, 0.25) is 11.8 Å². The van der Waals surface area contributed by atoms with E-state index < -0.39 is 5.97 Å². The van der Waals surface area contributed by atoms with Gasteiger partial charge in [-0.3, -0.25) is 19.3 Å². The second-order valence-electron chi connectivity index (χ2n) is 6.38. The Kier molecular flexibility index (Phi) is 2.90. The van der Waals surface area contributed by atoms with Crippen LogP contribution in [0.1, 0.15) is 25.0 Å². The van der Waals surface area contributed by atoms with Gasteiger partial charge in [-0.1, -0.05) is 38.1 Å². The summed E-state index contributed by atoms with van der Waals surface area (Å²) in [6.45, 7) is 4.05. The number of amides is 2. The fourth-order valence-corrected chi connectivity index (χ4v) is 3.38. The number of fused-ring (bicyclic) bond motifs is 1. The first-order valence-electron chi connectivity index (χ1n) is 6.98. The summed E-state index contributed by atoms with van der Waals surface area (Å²) in [4.78, 5) is 36.8. The van der Waals surface area contributed by atoms with E-state index in [1.165, 1.54) is 4.90 Å². The highest BCUT2D eigenvalue weighted by Crippen LogP contribution is 2.63. The summed E-state index contributed by atoms with van der Waals surface area (Å²) in [5.41, 5.74) is 1.15. The average molecular weight is 287 g/mol. The Balaban J connectivity index is 1.81. The van der Waals surface area contributed by atoms with Gasteiger partial charge < -0.3 is 5.11 Å². The normalized spacial score (nSPS) is 25.9. The van der Waals surface area contributed by atoms with Crippen LogP contribution in [0.3, 0.4) is 0 Å². The van der Waals surface area contributed by atoms with Crippen molar-refractivity contribution < 1.29 is 19.5 Å². The zero-order chi connectivity index (χ0) is 15.4. The molecular weight excluding hydrogens is 270 g/mol. The minimum absolute atomic E-state index is 0.106. The fraction of sp³-hybridized carbons (Fsp3) is 0.438. The SMILES string of the molecule is CC1(C)C2C(=O)N(Cc3ccccc3CC(=O)O)C(=O)C21. The van der Waals surface area contributed by atoms with Crippen LogP contribution < -0.4 is 0 Å². The number of carboxylic acid groups (broad SMARTS) is 1. The van der Waals surface area contributed by atoms with Crippen molar-refractivity contribution in [1.29, 1.82) is 0 Å². The van der Waals surface area contributed by atoms with Crippen LogP contribution in [0.15, 0.2) is 24.3 Å². The maximum absolute atomic E-state index is 12.3. The summed E-state index contributed by atoms with van der Waals surface area (Å²) in [7, 11) is 0. The molecule has 5 heteroatoms. The average Bonchev–Trinajstić information content (AvgIpc) is 2.87. The number of nitrogens with zero attached hydrogens (tertiary/aromatic N) is 1. The summed E-state index contributed by atoms with van der Waals surface area (Å²) in [6.07, 6.45) is -0.106. The number of carboxylic acids is 1. The number of piperidine rings is 1. The molecule has 1 aliphatic heterocycles. The van der Waals surface area contributed by atoms with Gasteiger partial charge >= 0.3 is 5.97 Å². The molecule has 1 heterocycles. The zero-order valence-corrected chi connectivity index (χ0v) is 12.0. The van der Waals surface area contributed by atoms with E-state index in [-0.39, 0.29) is 42.0 Å². The summed E-state index contributed by atoms with van der Waals surface area (Å²) in [6, 6.07) is 7.04. The number of benzene rings is 1. The lowest BCUT2D eigenvalue weighted by atomic mass is 10.0. The van der Waals surface area contributed by atoms with Crippen LogP contribution in [0, 0.1) is 17.3 Å². The Morgan fingerprint density at radius 1 is 1.14 bits per heavy atom. The number of hydrogen-bond donors (Lipinski definition) is 1. The van der Waals surface area contributed by atoms with Crippen LogP contribution in [0.4, 0.5) is 0 Å². The minimum atomic E-state index is -0.925. The van der Waals surface area contributed by atoms with Crippen LogP contribution in [0.5, 0.6) is 0 Å². The molecular formula is C16H17NO4. The highest BCUT2D eigenvalue weighted by Gasteiger charge is 2.72. The molecule has 5 nitrogen and oxygen atoms in total. The molecule has 110 valence electrons. The highest BCUT2D eigenvalue weighted by atomic mass is 16.4. The lowest BCUT2D eigenvalue weighted by Gasteiger charge is -2.21. The fourth-order valence-electron chi connectivity index (χ4n) is 3.38. The molecule has 3 rings (SSSR count). The Hall–Kier alpha value is -2.17. The number of aliphatic carboxylic acids is 1. The van der Waals surface area contributed by atoms with Gasteiger partial charge in [-0.15, -0.1) is 0 Å². The first-order chi connectivity index (χ1) is 9.84. The largest absolute Gasteiger partial charge is 0.481 e. The maximum Gasteiger partial charge on any atom is 0.307 e. The molecule has 0 bridgehead atoms. The van der Waals surface area contributed by atoms with Crippen molar-refractivity contribution in [3.05, 3.63) is 35.4 Å². The summed E-state index contributed by atoms with van der Waals surface area (Å²) in [5.74, 6) is -1.57. The van der Waals surface area contributed by atoms with Crippen LogP contribution in [-0.2, 0) is 27.3 Å². The number of likely N-dealkylation sites (tertiary alicyclic amines) is 1. The standard InChI is InChI=1S/C16H17NO4/c1-16(2)12-13(16)15(21)17(14(12)20)8-10-6-4-3-5-9(10)7-11(18)19/h3-6,12-13H,7-8H2,1-2H3,(H,18,19). The van der Waals surface area contributed by atoms with E-state index in [9.17, 15) is 14.4 Å². The van der Waals surface area contributed by atoms with Crippen molar-refractivity contribution in [3.8, 4) is 0 Å². The monoisotopic (exact) mass is 287 g/mol. The second kappa shape index (κ2) is 4.41. The van der Waals surface area contributed by atoms with Crippen molar-refractivity contribution in [2.24, 2.45) is 17.3 Å². The van der Waals surface area contributed by atoms with Gasteiger partial charge in [0.25, 0.3) is 0 Å². The Bertz CT molecular complexity index is 625.